The topological polar surface area (TPSA) is 12.0 Å². The maximum Gasteiger partial charge on any atom is 0.0437 e. The zero-order valence-electron chi connectivity index (χ0n) is 9.49. The minimum absolute atomic E-state index is 0.526. The number of benzene rings is 1. The van der Waals surface area contributed by atoms with Gasteiger partial charge in [-0.1, -0.05) is 36.8 Å². The number of aryl methyl sites for hydroxylation is 1. The van der Waals surface area contributed by atoms with Gasteiger partial charge in [0.25, 0.3) is 0 Å². The van der Waals surface area contributed by atoms with Crippen LogP contribution in [0.3, 0.4) is 0 Å². The lowest BCUT2D eigenvalue weighted by Crippen LogP contribution is -2.27. The summed E-state index contributed by atoms with van der Waals surface area (Å²) in [6, 6.07) is 9.46. The Morgan fingerprint density at radius 2 is 2.00 bits per heavy atom. The van der Waals surface area contributed by atoms with E-state index in [9.17, 15) is 0 Å². The van der Waals surface area contributed by atoms with Gasteiger partial charge < -0.3 is 5.32 Å². The summed E-state index contributed by atoms with van der Waals surface area (Å²) in [4.78, 5) is 0. The first-order valence-corrected chi connectivity index (χ1v) is 6.74. The predicted octanol–water partition coefficient (Wildman–Crippen LogP) is 3.15. The lowest BCUT2D eigenvalue weighted by molar-refractivity contribution is 0.540. The number of hydrogen-bond donors (Lipinski definition) is 1. The molecule has 1 aromatic carbocycles. The van der Waals surface area contributed by atoms with Crippen LogP contribution in [0.15, 0.2) is 24.3 Å². The first-order valence-electron chi connectivity index (χ1n) is 5.69. The standard InChI is InChI=1S/C13H19NS/c1-10-4-6-12(7-5-10)13-11(2)15-9-3-8-14-13/h4-7,11,13-14H,3,8-9H2,1-2H3. The van der Waals surface area contributed by atoms with E-state index in [2.05, 4.69) is 55.2 Å². The van der Waals surface area contributed by atoms with Crippen LogP contribution in [0.25, 0.3) is 0 Å². The second kappa shape index (κ2) is 5.04. The highest BCUT2D eigenvalue weighted by Crippen LogP contribution is 2.29. The normalized spacial score (nSPS) is 27.3. The lowest BCUT2D eigenvalue weighted by atomic mass is 10.0. The third-order valence-electron chi connectivity index (χ3n) is 2.97. The van der Waals surface area contributed by atoms with Gasteiger partial charge in [-0.25, -0.2) is 0 Å². The molecule has 0 spiro atoms. The summed E-state index contributed by atoms with van der Waals surface area (Å²) < 4.78 is 0. The lowest BCUT2D eigenvalue weighted by Gasteiger charge is -2.22. The van der Waals surface area contributed by atoms with Crippen molar-refractivity contribution in [2.45, 2.75) is 31.6 Å². The molecule has 0 aromatic heterocycles. The van der Waals surface area contributed by atoms with E-state index in [1.807, 2.05) is 0 Å². The number of nitrogens with one attached hydrogen (secondary N) is 1. The molecule has 0 amide bonds. The highest BCUT2D eigenvalue weighted by Gasteiger charge is 2.20. The second-order valence-corrected chi connectivity index (χ2v) is 5.76. The molecule has 0 aliphatic carbocycles. The summed E-state index contributed by atoms with van der Waals surface area (Å²) in [6.45, 7) is 5.62. The molecular formula is C13H19NS. The number of thioether (sulfide) groups is 1. The molecule has 0 radical (unpaired) electrons. The molecule has 1 N–H and O–H groups in total. The van der Waals surface area contributed by atoms with Gasteiger partial charge in [-0.05, 0) is 31.2 Å². The number of rotatable bonds is 1. The molecule has 1 heterocycles. The van der Waals surface area contributed by atoms with Gasteiger partial charge in [0.1, 0.15) is 0 Å². The average Bonchev–Trinajstić information content (AvgIpc) is 2.44. The molecule has 0 saturated carbocycles. The fourth-order valence-electron chi connectivity index (χ4n) is 2.02. The van der Waals surface area contributed by atoms with E-state index in [-0.39, 0.29) is 0 Å². The highest BCUT2D eigenvalue weighted by atomic mass is 32.2. The molecule has 1 aliphatic heterocycles. The van der Waals surface area contributed by atoms with Gasteiger partial charge >= 0.3 is 0 Å². The quantitative estimate of drug-likeness (QED) is 0.782. The molecular weight excluding hydrogens is 202 g/mol. The average molecular weight is 221 g/mol. The maximum absolute atomic E-state index is 3.65. The van der Waals surface area contributed by atoms with Gasteiger partial charge in [-0.3, -0.25) is 0 Å². The van der Waals surface area contributed by atoms with Crippen LogP contribution in [0.5, 0.6) is 0 Å². The molecule has 2 unspecified atom stereocenters. The number of hydrogen-bond acceptors (Lipinski definition) is 2. The SMILES string of the molecule is Cc1ccc(C2NCCCSC2C)cc1. The Morgan fingerprint density at radius 3 is 2.73 bits per heavy atom. The molecule has 1 aliphatic rings. The molecule has 1 fully saturated rings. The third kappa shape index (κ3) is 2.76. The first kappa shape index (κ1) is 11.0. The summed E-state index contributed by atoms with van der Waals surface area (Å²) in [5.74, 6) is 1.29. The van der Waals surface area contributed by atoms with E-state index in [0.717, 1.165) is 6.54 Å². The van der Waals surface area contributed by atoms with E-state index in [1.165, 1.54) is 23.3 Å². The predicted molar refractivity (Wildman–Crippen MR) is 68.5 cm³/mol. The Labute approximate surface area is 96.7 Å². The van der Waals surface area contributed by atoms with Crippen molar-refractivity contribution in [3.8, 4) is 0 Å². The minimum Gasteiger partial charge on any atom is -0.309 e. The largest absolute Gasteiger partial charge is 0.309 e. The van der Waals surface area contributed by atoms with Crippen molar-refractivity contribution in [3.63, 3.8) is 0 Å². The molecule has 1 nitrogen and oxygen atoms in total. The van der Waals surface area contributed by atoms with Gasteiger partial charge in [0.05, 0.1) is 0 Å². The van der Waals surface area contributed by atoms with Crippen LogP contribution in [0.4, 0.5) is 0 Å². The van der Waals surface area contributed by atoms with E-state index >= 15 is 0 Å². The summed E-state index contributed by atoms with van der Waals surface area (Å²) in [7, 11) is 0. The van der Waals surface area contributed by atoms with E-state index < -0.39 is 0 Å². The third-order valence-corrected chi connectivity index (χ3v) is 4.29. The zero-order valence-corrected chi connectivity index (χ0v) is 10.3. The van der Waals surface area contributed by atoms with Crippen molar-refractivity contribution in [2.24, 2.45) is 0 Å². The highest BCUT2D eigenvalue weighted by molar-refractivity contribution is 7.99. The molecule has 2 rings (SSSR count). The van der Waals surface area contributed by atoms with Gasteiger partial charge in [0, 0.05) is 11.3 Å². The van der Waals surface area contributed by atoms with Crippen LogP contribution < -0.4 is 5.32 Å². The van der Waals surface area contributed by atoms with Gasteiger partial charge in [0.2, 0.25) is 0 Å². The summed E-state index contributed by atoms with van der Waals surface area (Å²) >= 11 is 2.08. The van der Waals surface area contributed by atoms with Gasteiger partial charge in [-0.2, -0.15) is 11.8 Å². The van der Waals surface area contributed by atoms with Crippen LogP contribution in [-0.4, -0.2) is 17.5 Å². The van der Waals surface area contributed by atoms with Crippen molar-refractivity contribution >= 4 is 11.8 Å². The minimum atomic E-state index is 0.526. The second-order valence-electron chi connectivity index (χ2n) is 4.27. The van der Waals surface area contributed by atoms with Crippen LogP contribution in [0.2, 0.25) is 0 Å². The fraction of sp³-hybridized carbons (Fsp3) is 0.538. The zero-order chi connectivity index (χ0) is 10.7. The van der Waals surface area contributed by atoms with Crippen LogP contribution in [0.1, 0.15) is 30.5 Å². The fourth-order valence-corrected chi connectivity index (χ4v) is 3.15. The monoisotopic (exact) mass is 221 g/mol. The summed E-state index contributed by atoms with van der Waals surface area (Å²) in [5, 5.41) is 4.32. The Balaban J connectivity index is 2.16. The Hall–Kier alpha value is -0.470. The van der Waals surface area contributed by atoms with Crippen molar-refractivity contribution in [3.05, 3.63) is 35.4 Å². The van der Waals surface area contributed by atoms with Gasteiger partial charge in [-0.15, -0.1) is 0 Å². The molecule has 2 heteroatoms. The van der Waals surface area contributed by atoms with Crippen LogP contribution in [-0.2, 0) is 0 Å². The smallest absolute Gasteiger partial charge is 0.0437 e. The van der Waals surface area contributed by atoms with E-state index in [0.29, 0.717) is 11.3 Å². The van der Waals surface area contributed by atoms with Crippen molar-refractivity contribution in [1.82, 2.24) is 5.32 Å². The molecule has 1 saturated heterocycles. The van der Waals surface area contributed by atoms with Crippen molar-refractivity contribution in [1.29, 1.82) is 0 Å². The molecule has 0 bridgehead atoms. The van der Waals surface area contributed by atoms with Crippen molar-refractivity contribution < 1.29 is 0 Å². The molecule has 82 valence electrons. The van der Waals surface area contributed by atoms with Crippen LogP contribution >= 0.6 is 11.8 Å². The van der Waals surface area contributed by atoms with E-state index in [4.69, 9.17) is 0 Å². The van der Waals surface area contributed by atoms with Crippen molar-refractivity contribution in [2.75, 3.05) is 12.3 Å². The first-order chi connectivity index (χ1) is 7.27. The van der Waals surface area contributed by atoms with E-state index in [1.54, 1.807) is 0 Å². The maximum atomic E-state index is 3.65. The molecule has 2 atom stereocenters. The Bertz CT molecular complexity index is 307. The summed E-state index contributed by atoms with van der Waals surface area (Å²) in [5.41, 5.74) is 2.77. The Kier molecular flexibility index (Phi) is 3.71. The van der Waals surface area contributed by atoms with Gasteiger partial charge in [0.15, 0.2) is 0 Å². The summed E-state index contributed by atoms with van der Waals surface area (Å²) in [6.07, 6.45) is 1.29. The Morgan fingerprint density at radius 1 is 1.27 bits per heavy atom. The van der Waals surface area contributed by atoms with Crippen LogP contribution in [0, 0.1) is 6.92 Å². The molecule has 15 heavy (non-hydrogen) atoms. The molecule has 1 aromatic rings.